The fraction of sp³-hybridized carbons (Fsp3) is 0.478. The zero-order chi connectivity index (χ0) is 25.1. The van der Waals surface area contributed by atoms with E-state index in [4.69, 9.17) is 0 Å². The lowest BCUT2D eigenvalue weighted by Gasteiger charge is -2.24. The van der Waals surface area contributed by atoms with Crippen LogP contribution in [0.1, 0.15) is 47.6 Å². The van der Waals surface area contributed by atoms with E-state index in [0.717, 1.165) is 31.6 Å². The predicted molar refractivity (Wildman–Crippen MR) is 114 cm³/mol. The van der Waals surface area contributed by atoms with Gasteiger partial charge >= 0.3 is 18.1 Å². The molecule has 1 aromatic heterocycles. The van der Waals surface area contributed by atoms with Gasteiger partial charge in [-0.15, -0.1) is 0 Å². The molecular formula is C23H20F4N4O4. The van der Waals surface area contributed by atoms with E-state index < -0.39 is 34.9 Å². The second-order valence-corrected chi connectivity index (χ2v) is 9.14. The van der Waals surface area contributed by atoms with Crippen molar-refractivity contribution < 1.29 is 31.9 Å². The number of carbonyl (C=O) groups is 2. The van der Waals surface area contributed by atoms with Gasteiger partial charge < -0.3 is 19.5 Å². The Kier molecular flexibility index (Phi) is 5.55. The number of benzene rings is 1. The molecule has 0 spiro atoms. The quantitative estimate of drug-likeness (QED) is 0.399. The molecule has 5 rings (SSSR count). The summed E-state index contributed by atoms with van der Waals surface area (Å²) in [5.74, 6) is -5.10. The molecule has 2 saturated heterocycles. The SMILES string of the molecule is N#Cc1c(N2C[C@@H]3CCCN[C@@H]3C2)c(F)cc2c(=O)c(C(=O)OC(=O)C(F)(F)F)cn(C3CC3)c12. The minimum absolute atomic E-state index is 0.0626. The highest BCUT2D eigenvalue weighted by Crippen LogP contribution is 2.41. The lowest BCUT2D eigenvalue weighted by Crippen LogP contribution is -2.40. The topological polar surface area (TPSA) is 104 Å². The fourth-order valence-corrected chi connectivity index (χ4v) is 5.11. The number of alkyl halides is 3. The molecule has 2 aromatic rings. The number of esters is 2. The Labute approximate surface area is 196 Å². The Morgan fingerprint density at radius 2 is 1.94 bits per heavy atom. The van der Waals surface area contributed by atoms with Gasteiger partial charge in [-0.1, -0.05) is 0 Å². The summed E-state index contributed by atoms with van der Waals surface area (Å²) >= 11 is 0. The first-order valence-corrected chi connectivity index (χ1v) is 11.2. The number of aromatic nitrogens is 1. The highest BCUT2D eigenvalue weighted by Gasteiger charge is 2.43. The van der Waals surface area contributed by atoms with Crippen LogP contribution >= 0.6 is 0 Å². The molecule has 0 unspecified atom stereocenters. The molecule has 1 aliphatic carbocycles. The summed E-state index contributed by atoms with van der Waals surface area (Å²) in [6.45, 7) is 1.88. The molecule has 2 atom stereocenters. The highest BCUT2D eigenvalue weighted by molar-refractivity contribution is 6.01. The summed E-state index contributed by atoms with van der Waals surface area (Å²) in [5, 5.41) is 13.1. The third-order valence-electron chi connectivity index (χ3n) is 6.85. The van der Waals surface area contributed by atoms with E-state index in [-0.39, 0.29) is 34.2 Å². The molecular weight excluding hydrogens is 472 g/mol. The largest absolute Gasteiger partial charge is 0.491 e. The average Bonchev–Trinajstić information content (AvgIpc) is 3.56. The van der Waals surface area contributed by atoms with Crippen molar-refractivity contribution in [3.05, 3.63) is 39.4 Å². The van der Waals surface area contributed by atoms with Crippen LogP contribution in [0.15, 0.2) is 17.1 Å². The molecule has 8 nitrogen and oxygen atoms in total. The van der Waals surface area contributed by atoms with Crippen LogP contribution in [0.3, 0.4) is 0 Å². The number of fused-ring (bicyclic) bond motifs is 2. The molecule has 12 heteroatoms. The van der Waals surface area contributed by atoms with Crippen molar-refractivity contribution in [1.82, 2.24) is 9.88 Å². The van der Waals surface area contributed by atoms with E-state index >= 15 is 4.39 Å². The molecule has 0 radical (unpaired) electrons. The molecule has 0 amide bonds. The van der Waals surface area contributed by atoms with E-state index in [0.29, 0.717) is 31.8 Å². The van der Waals surface area contributed by atoms with Crippen molar-refractivity contribution in [1.29, 1.82) is 5.26 Å². The number of ether oxygens (including phenoxy) is 1. The Hall–Kier alpha value is -3.46. The molecule has 0 bridgehead atoms. The Morgan fingerprint density at radius 3 is 2.57 bits per heavy atom. The first-order chi connectivity index (χ1) is 16.6. The summed E-state index contributed by atoms with van der Waals surface area (Å²) < 4.78 is 58.4. The van der Waals surface area contributed by atoms with E-state index in [2.05, 4.69) is 10.1 Å². The second kappa shape index (κ2) is 8.34. The first kappa shape index (κ1) is 23.3. The fourth-order valence-electron chi connectivity index (χ4n) is 5.11. The number of halogens is 4. The number of carbonyl (C=O) groups excluding carboxylic acids is 2. The highest BCUT2D eigenvalue weighted by atomic mass is 19.4. The van der Waals surface area contributed by atoms with E-state index in [1.807, 2.05) is 6.07 Å². The number of anilines is 1. The third kappa shape index (κ3) is 4.03. The third-order valence-corrected chi connectivity index (χ3v) is 6.85. The van der Waals surface area contributed by atoms with Crippen LogP contribution in [0.25, 0.3) is 10.9 Å². The number of hydrogen-bond acceptors (Lipinski definition) is 7. The van der Waals surface area contributed by atoms with E-state index in [1.54, 1.807) is 4.90 Å². The number of hydrogen-bond donors (Lipinski definition) is 1. The average molecular weight is 492 g/mol. The van der Waals surface area contributed by atoms with Crippen molar-refractivity contribution in [2.45, 2.75) is 43.9 Å². The number of nitrogens with zero attached hydrogens (tertiary/aromatic N) is 3. The van der Waals surface area contributed by atoms with Crippen LogP contribution in [-0.2, 0) is 9.53 Å². The van der Waals surface area contributed by atoms with Crippen molar-refractivity contribution in [3.63, 3.8) is 0 Å². The van der Waals surface area contributed by atoms with Crippen LogP contribution in [0.2, 0.25) is 0 Å². The maximum absolute atomic E-state index is 15.4. The summed E-state index contributed by atoms with van der Waals surface area (Å²) in [6, 6.07) is 2.83. The number of piperidine rings is 1. The van der Waals surface area contributed by atoms with Crippen LogP contribution in [0, 0.1) is 23.1 Å². The standard InChI is InChI=1S/C23H20F4N4O4/c24-16-6-13-18(14(7-28)19(16)30-8-11-2-1-5-29-17(11)10-30)31(12-3-4-12)9-15(20(13)32)21(33)35-22(34)23(25,26)27/h6,9,11-12,17,29H,1-5,8,10H2/t11-,17+/m0/s1. The molecule has 1 aromatic carbocycles. The van der Waals surface area contributed by atoms with Crippen molar-refractivity contribution >= 4 is 28.5 Å². The summed E-state index contributed by atoms with van der Waals surface area (Å²) in [4.78, 5) is 38.2. The molecule has 184 valence electrons. The summed E-state index contributed by atoms with van der Waals surface area (Å²) in [5.41, 5.74) is -1.86. The Bertz CT molecular complexity index is 1330. The van der Waals surface area contributed by atoms with Gasteiger partial charge in [-0.05, 0) is 44.2 Å². The van der Waals surface area contributed by atoms with Crippen molar-refractivity contribution in [2.24, 2.45) is 5.92 Å². The van der Waals surface area contributed by atoms with Crippen molar-refractivity contribution in [3.8, 4) is 6.07 Å². The molecule has 35 heavy (non-hydrogen) atoms. The Balaban J connectivity index is 1.64. The number of rotatable bonds is 3. The van der Waals surface area contributed by atoms with Gasteiger partial charge in [0, 0.05) is 31.4 Å². The monoisotopic (exact) mass is 492 g/mol. The molecule has 2 aliphatic heterocycles. The smallest absolute Gasteiger partial charge is 0.382 e. The minimum atomic E-state index is -5.43. The lowest BCUT2D eigenvalue weighted by molar-refractivity contribution is -0.193. The minimum Gasteiger partial charge on any atom is -0.382 e. The summed E-state index contributed by atoms with van der Waals surface area (Å²) in [7, 11) is 0. The van der Waals surface area contributed by atoms with Gasteiger partial charge in [0.25, 0.3) is 0 Å². The van der Waals surface area contributed by atoms with E-state index in [1.165, 1.54) is 4.57 Å². The number of pyridine rings is 1. The Morgan fingerprint density at radius 1 is 1.20 bits per heavy atom. The van der Waals surface area contributed by atoms with Gasteiger partial charge in [0.15, 0.2) is 0 Å². The van der Waals surface area contributed by atoms with Gasteiger partial charge in [-0.2, -0.15) is 18.4 Å². The predicted octanol–water partition coefficient (Wildman–Crippen LogP) is 2.78. The molecule has 1 N–H and O–H groups in total. The zero-order valence-electron chi connectivity index (χ0n) is 18.3. The van der Waals surface area contributed by atoms with Gasteiger partial charge in [-0.3, -0.25) is 4.79 Å². The van der Waals surface area contributed by atoms with Gasteiger partial charge in [-0.25, -0.2) is 14.0 Å². The van der Waals surface area contributed by atoms with Crippen LogP contribution in [0.4, 0.5) is 23.2 Å². The second-order valence-electron chi connectivity index (χ2n) is 9.14. The molecule has 3 aliphatic rings. The van der Waals surface area contributed by atoms with Gasteiger partial charge in [0.1, 0.15) is 23.0 Å². The lowest BCUT2D eigenvalue weighted by atomic mass is 9.94. The first-order valence-electron chi connectivity index (χ1n) is 11.2. The summed E-state index contributed by atoms with van der Waals surface area (Å²) in [6.07, 6.45) is -1.20. The normalized spacial score (nSPS) is 22.1. The molecule has 3 fully saturated rings. The molecule has 1 saturated carbocycles. The van der Waals surface area contributed by atoms with Gasteiger partial charge in [0.05, 0.1) is 16.6 Å². The van der Waals surface area contributed by atoms with Crippen LogP contribution in [0.5, 0.6) is 0 Å². The number of nitrogens with one attached hydrogen (secondary N) is 1. The van der Waals surface area contributed by atoms with Crippen LogP contribution < -0.4 is 15.6 Å². The maximum Gasteiger partial charge on any atom is 0.491 e. The van der Waals surface area contributed by atoms with E-state index in [9.17, 15) is 32.8 Å². The zero-order valence-corrected chi connectivity index (χ0v) is 18.3. The van der Waals surface area contributed by atoms with Crippen LogP contribution in [-0.4, -0.2) is 48.4 Å². The van der Waals surface area contributed by atoms with Crippen molar-refractivity contribution in [2.75, 3.05) is 24.5 Å². The van der Waals surface area contributed by atoms with Gasteiger partial charge in [0.2, 0.25) is 5.43 Å². The number of nitriles is 1. The maximum atomic E-state index is 15.4. The molecule has 3 heterocycles.